The summed E-state index contributed by atoms with van der Waals surface area (Å²) >= 11 is 0. The molecule has 0 heterocycles. The number of rotatable bonds is 4. The van der Waals surface area contributed by atoms with Crippen molar-refractivity contribution in [1.29, 1.82) is 0 Å². The number of carboxylic acid groups (broad SMARTS) is 1. The molecule has 0 unspecified atom stereocenters. The summed E-state index contributed by atoms with van der Waals surface area (Å²) in [7, 11) is 0. The molecule has 2 N–H and O–H groups in total. The van der Waals surface area contributed by atoms with Crippen LogP contribution in [0.15, 0.2) is 0 Å². The average molecular weight is 227 g/mol. The lowest BCUT2D eigenvalue weighted by Crippen LogP contribution is -2.39. The Balaban J connectivity index is 2.40. The monoisotopic (exact) mass is 227 g/mol. The SMILES string of the molecule is CC1(C(=O)NCCC(=O)O)CCCCCC1. The van der Waals surface area contributed by atoms with Gasteiger partial charge in [-0.25, -0.2) is 0 Å². The minimum atomic E-state index is -0.869. The number of carboxylic acids is 1. The molecule has 1 aliphatic carbocycles. The summed E-state index contributed by atoms with van der Waals surface area (Å²) in [5.41, 5.74) is -0.283. The van der Waals surface area contributed by atoms with Gasteiger partial charge >= 0.3 is 5.97 Å². The maximum atomic E-state index is 12.0. The summed E-state index contributed by atoms with van der Waals surface area (Å²) in [5.74, 6) is -0.845. The van der Waals surface area contributed by atoms with Gasteiger partial charge in [0.25, 0.3) is 0 Å². The second-order valence-corrected chi connectivity index (χ2v) is 4.87. The van der Waals surface area contributed by atoms with E-state index in [-0.39, 0.29) is 24.3 Å². The summed E-state index contributed by atoms with van der Waals surface area (Å²) in [5, 5.41) is 11.2. The van der Waals surface area contributed by atoms with E-state index in [2.05, 4.69) is 5.32 Å². The summed E-state index contributed by atoms with van der Waals surface area (Å²) in [6, 6.07) is 0. The third-order valence-corrected chi connectivity index (χ3v) is 3.38. The zero-order valence-electron chi connectivity index (χ0n) is 9.92. The van der Waals surface area contributed by atoms with Crippen molar-refractivity contribution in [2.24, 2.45) is 5.41 Å². The van der Waals surface area contributed by atoms with Crippen molar-refractivity contribution in [3.63, 3.8) is 0 Å². The molecule has 4 heteroatoms. The van der Waals surface area contributed by atoms with Crippen LogP contribution in [0.25, 0.3) is 0 Å². The van der Waals surface area contributed by atoms with Gasteiger partial charge in [-0.2, -0.15) is 0 Å². The fourth-order valence-corrected chi connectivity index (χ4v) is 2.23. The minimum absolute atomic E-state index is 0.00181. The lowest BCUT2D eigenvalue weighted by molar-refractivity contribution is -0.137. The Morgan fingerprint density at radius 1 is 1.19 bits per heavy atom. The highest BCUT2D eigenvalue weighted by Gasteiger charge is 2.33. The van der Waals surface area contributed by atoms with E-state index in [0.29, 0.717) is 0 Å². The predicted molar refractivity (Wildman–Crippen MR) is 61.1 cm³/mol. The first-order chi connectivity index (χ1) is 7.54. The van der Waals surface area contributed by atoms with Crippen molar-refractivity contribution in [2.45, 2.75) is 51.9 Å². The van der Waals surface area contributed by atoms with Crippen LogP contribution in [0.2, 0.25) is 0 Å². The zero-order chi connectivity index (χ0) is 12.0. The standard InChI is InChI=1S/C12H21NO3/c1-12(7-4-2-3-5-8-12)11(16)13-9-6-10(14)15/h2-9H2,1H3,(H,13,16)(H,14,15). The number of carbonyl (C=O) groups excluding carboxylic acids is 1. The third kappa shape index (κ3) is 3.83. The van der Waals surface area contributed by atoms with Crippen LogP contribution in [0.4, 0.5) is 0 Å². The maximum Gasteiger partial charge on any atom is 0.305 e. The molecular weight excluding hydrogens is 206 g/mol. The number of hydrogen-bond donors (Lipinski definition) is 2. The quantitative estimate of drug-likeness (QED) is 0.721. The molecule has 1 saturated carbocycles. The summed E-state index contributed by atoms with van der Waals surface area (Å²) in [6.45, 7) is 2.23. The van der Waals surface area contributed by atoms with Gasteiger partial charge in [0, 0.05) is 12.0 Å². The van der Waals surface area contributed by atoms with E-state index in [0.717, 1.165) is 25.7 Å². The summed E-state index contributed by atoms with van der Waals surface area (Å²) < 4.78 is 0. The number of carbonyl (C=O) groups is 2. The first kappa shape index (κ1) is 13.0. The molecule has 0 radical (unpaired) electrons. The molecule has 16 heavy (non-hydrogen) atoms. The largest absolute Gasteiger partial charge is 0.481 e. The molecule has 0 spiro atoms. The van der Waals surface area contributed by atoms with E-state index in [1.165, 1.54) is 12.8 Å². The lowest BCUT2D eigenvalue weighted by Gasteiger charge is -2.26. The van der Waals surface area contributed by atoms with Gasteiger partial charge in [-0.1, -0.05) is 32.6 Å². The molecule has 1 aliphatic rings. The van der Waals surface area contributed by atoms with E-state index in [9.17, 15) is 9.59 Å². The second kappa shape index (κ2) is 5.87. The van der Waals surface area contributed by atoms with Crippen LogP contribution in [-0.4, -0.2) is 23.5 Å². The molecule has 1 rings (SSSR count). The van der Waals surface area contributed by atoms with Gasteiger partial charge in [0.05, 0.1) is 6.42 Å². The molecule has 0 aromatic carbocycles. The molecule has 0 aromatic heterocycles. The fraction of sp³-hybridized carbons (Fsp3) is 0.833. The maximum absolute atomic E-state index is 12.0. The van der Waals surface area contributed by atoms with E-state index < -0.39 is 5.97 Å². The van der Waals surface area contributed by atoms with Crippen LogP contribution in [-0.2, 0) is 9.59 Å². The van der Waals surface area contributed by atoms with Gasteiger partial charge < -0.3 is 10.4 Å². The Bertz CT molecular complexity index is 255. The molecule has 0 atom stereocenters. The average Bonchev–Trinajstić information content (AvgIpc) is 2.43. The number of hydrogen-bond acceptors (Lipinski definition) is 2. The smallest absolute Gasteiger partial charge is 0.305 e. The zero-order valence-corrected chi connectivity index (χ0v) is 9.92. The van der Waals surface area contributed by atoms with Crippen molar-refractivity contribution < 1.29 is 14.7 Å². The van der Waals surface area contributed by atoms with Crippen LogP contribution in [0, 0.1) is 5.41 Å². The van der Waals surface area contributed by atoms with Crippen molar-refractivity contribution in [1.82, 2.24) is 5.32 Å². The Kier molecular flexibility index (Phi) is 4.77. The van der Waals surface area contributed by atoms with Crippen LogP contribution >= 0.6 is 0 Å². The number of nitrogens with one attached hydrogen (secondary N) is 1. The van der Waals surface area contributed by atoms with E-state index in [1.54, 1.807) is 0 Å². The highest BCUT2D eigenvalue weighted by molar-refractivity contribution is 5.82. The van der Waals surface area contributed by atoms with Gasteiger partial charge in [-0.05, 0) is 12.8 Å². The Labute approximate surface area is 96.4 Å². The predicted octanol–water partition coefficient (Wildman–Crippen LogP) is 1.94. The normalized spacial score (nSPS) is 19.8. The molecule has 0 saturated heterocycles. The van der Waals surface area contributed by atoms with E-state index in [1.807, 2.05) is 6.92 Å². The molecule has 0 bridgehead atoms. The minimum Gasteiger partial charge on any atom is -0.481 e. The lowest BCUT2D eigenvalue weighted by atomic mass is 9.81. The Morgan fingerprint density at radius 3 is 2.25 bits per heavy atom. The first-order valence-corrected chi connectivity index (χ1v) is 6.05. The van der Waals surface area contributed by atoms with Gasteiger partial charge in [0.2, 0.25) is 5.91 Å². The van der Waals surface area contributed by atoms with Gasteiger partial charge in [0.15, 0.2) is 0 Å². The number of aliphatic carboxylic acids is 1. The molecule has 1 fully saturated rings. The van der Waals surface area contributed by atoms with Gasteiger partial charge in [-0.3, -0.25) is 9.59 Å². The molecule has 4 nitrogen and oxygen atoms in total. The Morgan fingerprint density at radius 2 is 1.75 bits per heavy atom. The van der Waals surface area contributed by atoms with Crippen LogP contribution < -0.4 is 5.32 Å². The molecule has 0 aliphatic heterocycles. The fourth-order valence-electron chi connectivity index (χ4n) is 2.23. The van der Waals surface area contributed by atoms with Crippen LogP contribution in [0.3, 0.4) is 0 Å². The van der Waals surface area contributed by atoms with Gasteiger partial charge in [-0.15, -0.1) is 0 Å². The third-order valence-electron chi connectivity index (χ3n) is 3.38. The van der Waals surface area contributed by atoms with Crippen molar-refractivity contribution >= 4 is 11.9 Å². The molecule has 1 amide bonds. The topological polar surface area (TPSA) is 66.4 Å². The van der Waals surface area contributed by atoms with Gasteiger partial charge in [0.1, 0.15) is 0 Å². The summed E-state index contributed by atoms with van der Waals surface area (Å²) in [6.07, 6.45) is 6.46. The van der Waals surface area contributed by atoms with E-state index >= 15 is 0 Å². The Hall–Kier alpha value is -1.06. The highest BCUT2D eigenvalue weighted by atomic mass is 16.4. The van der Waals surface area contributed by atoms with Crippen LogP contribution in [0.1, 0.15) is 51.9 Å². The van der Waals surface area contributed by atoms with Crippen LogP contribution in [0.5, 0.6) is 0 Å². The molecule has 92 valence electrons. The molecule has 0 aromatic rings. The summed E-state index contributed by atoms with van der Waals surface area (Å²) in [4.78, 5) is 22.3. The molecular formula is C12H21NO3. The second-order valence-electron chi connectivity index (χ2n) is 4.87. The van der Waals surface area contributed by atoms with Crippen molar-refractivity contribution in [3.8, 4) is 0 Å². The highest BCUT2D eigenvalue weighted by Crippen LogP contribution is 2.34. The van der Waals surface area contributed by atoms with E-state index in [4.69, 9.17) is 5.11 Å². The van der Waals surface area contributed by atoms with Crippen molar-refractivity contribution in [2.75, 3.05) is 6.54 Å². The number of amides is 1. The van der Waals surface area contributed by atoms with Crippen molar-refractivity contribution in [3.05, 3.63) is 0 Å². The first-order valence-electron chi connectivity index (χ1n) is 6.05.